The summed E-state index contributed by atoms with van der Waals surface area (Å²) in [4.78, 5) is 10.5. The highest BCUT2D eigenvalue weighted by atomic mass is 79.9. The number of rotatable bonds is 3. The Morgan fingerprint density at radius 1 is 1.50 bits per heavy atom. The van der Waals surface area contributed by atoms with Gasteiger partial charge in [0.1, 0.15) is 12.7 Å². The van der Waals surface area contributed by atoms with Crippen molar-refractivity contribution in [3.63, 3.8) is 0 Å². The van der Waals surface area contributed by atoms with Gasteiger partial charge in [-0.05, 0) is 17.7 Å². The van der Waals surface area contributed by atoms with Crippen LogP contribution in [0.3, 0.4) is 0 Å². The van der Waals surface area contributed by atoms with Crippen LogP contribution in [0, 0.1) is 0 Å². The monoisotopic (exact) mass is 258 g/mol. The van der Waals surface area contributed by atoms with E-state index in [9.17, 15) is 9.90 Å². The summed E-state index contributed by atoms with van der Waals surface area (Å²) < 4.78 is 5.63. The highest BCUT2D eigenvalue weighted by Gasteiger charge is 2.08. The van der Waals surface area contributed by atoms with Gasteiger partial charge in [-0.2, -0.15) is 0 Å². The van der Waals surface area contributed by atoms with Crippen molar-refractivity contribution in [2.24, 2.45) is 0 Å². The number of hydrogen-bond donors (Lipinski definition) is 1. The molecule has 0 saturated carbocycles. The molecule has 14 heavy (non-hydrogen) atoms. The van der Waals surface area contributed by atoms with Crippen LogP contribution < -0.4 is 0 Å². The van der Waals surface area contributed by atoms with Gasteiger partial charge in [0, 0.05) is 11.4 Å². The van der Waals surface area contributed by atoms with Crippen LogP contribution in [-0.4, -0.2) is 17.7 Å². The number of benzene rings is 1. The van der Waals surface area contributed by atoms with E-state index in [0.29, 0.717) is 0 Å². The Morgan fingerprint density at radius 3 is 2.57 bits per heavy atom. The first-order valence-electron chi connectivity index (χ1n) is 4.16. The number of aliphatic hydroxyl groups excluding tert-OH is 1. The molecule has 0 aromatic heterocycles. The minimum absolute atomic E-state index is 0.00301. The van der Waals surface area contributed by atoms with E-state index >= 15 is 0 Å². The van der Waals surface area contributed by atoms with Crippen LogP contribution in [-0.2, 0) is 9.53 Å². The molecule has 1 aromatic rings. The molecule has 0 heterocycles. The smallest absolute Gasteiger partial charge is 0.302 e. The Hall–Kier alpha value is -0.870. The van der Waals surface area contributed by atoms with E-state index in [0.717, 1.165) is 10.0 Å². The van der Waals surface area contributed by atoms with Gasteiger partial charge in [0.05, 0.1) is 0 Å². The summed E-state index contributed by atoms with van der Waals surface area (Å²) in [6.45, 7) is 1.31. The third kappa shape index (κ3) is 3.47. The average molecular weight is 259 g/mol. The van der Waals surface area contributed by atoms with E-state index in [1.165, 1.54) is 6.92 Å². The maximum atomic E-state index is 10.5. The molecular weight excluding hydrogens is 248 g/mol. The number of carbonyl (C=O) groups excluding carboxylic acids is 1. The van der Waals surface area contributed by atoms with Gasteiger partial charge in [-0.1, -0.05) is 28.1 Å². The highest BCUT2D eigenvalue weighted by molar-refractivity contribution is 9.10. The predicted molar refractivity (Wildman–Crippen MR) is 55.7 cm³/mol. The van der Waals surface area contributed by atoms with E-state index in [1.54, 1.807) is 12.1 Å². The topological polar surface area (TPSA) is 46.5 Å². The van der Waals surface area contributed by atoms with Gasteiger partial charge in [0.2, 0.25) is 0 Å². The molecule has 1 rings (SSSR count). The fourth-order valence-corrected chi connectivity index (χ4v) is 1.24. The standard InChI is InChI=1S/C10H11BrO3/c1-7(12)14-6-10(13)8-2-4-9(11)5-3-8/h2-5,10,13H,6H2,1H3/t10-/m0/s1. The fourth-order valence-electron chi connectivity index (χ4n) is 0.977. The molecular formula is C10H11BrO3. The summed E-state index contributed by atoms with van der Waals surface area (Å²) in [6.07, 6.45) is -0.757. The second kappa shape index (κ2) is 5.12. The normalized spacial score (nSPS) is 12.2. The Bertz CT molecular complexity index is 308. The number of halogens is 1. The molecule has 0 spiro atoms. The van der Waals surface area contributed by atoms with Crippen LogP contribution in [0.25, 0.3) is 0 Å². The van der Waals surface area contributed by atoms with Crippen LogP contribution in [0.2, 0.25) is 0 Å². The molecule has 0 saturated heterocycles. The summed E-state index contributed by atoms with van der Waals surface area (Å²) in [5, 5.41) is 9.57. The van der Waals surface area contributed by atoms with Crippen LogP contribution >= 0.6 is 15.9 Å². The molecule has 0 aliphatic rings. The number of carbonyl (C=O) groups is 1. The third-order valence-electron chi connectivity index (χ3n) is 1.70. The molecule has 0 fully saturated rings. The zero-order valence-electron chi connectivity index (χ0n) is 7.74. The van der Waals surface area contributed by atoms with Gasteiger partial charge >= 0.3 is 5.97 Å². The second-order valence-electron chi connectivity index (χ2n) is 2.87. The van der Waals surface area contributed by atoms with Crippen LogP contribution in [0.15, 0.2) is 28.7 Å². The molecule has 4 heteroatoms. The summed E-state index contributed by atoms with van der Waals surface area (Å²) >= 11 is 3.29. The first-order chi connectivity index (χ1) is 6.59. The molecule has 1 N–H and O–H groups in total. The first-order valence-corrected chi connectivity index (χ1v) is 4.96. The summed E-state index contributed by atoms with van der Waals surface area (Å²) in [5.41, 5.74) is 0.731. The fraction of sp³-hybridized carbons (Fsp3) is 0.300. The SMILES string of the molecule is CC(=O)OC[C@H](O)c1ccc(Br)cc1. The number of ether oxygens (including phenoxy) is 1. The van der Waals surface area contributed by atoms with Crippen molar-refractivity contribution in [2.75, 3.05) is 6.61 Å². The average Bonchev–Trinajstić information content (AvgIpc) is 2.15. The van der Waals surface area contributed by atoms with E-state index in [2.05, 4.69) is 20.7 Å². The lowest BCUT2D eigenvalue weighted by Gasteiger charge is -2.10. The predicted octanol–water partition coefficient (Wildman–Crippen LogP) is 2.05. The summed E-state index contributed by atoms with van der Waals surface area (Å²) in [7, 11) is 0. The highest BCUT2D eigenvalue weighted by Crippen LogP contribution is 2.16. The maximum absolute atomic E-state index is 10.5. The maximum Gasteiger partial charge on any atom is 0.302 e. The van der Waals surface area contributed by atoms with Gasteiger partial charge in [-0.25, -0.2) is 0 Å². The Kier molecular flexibility index (Phi) is 4.10. The molecule has 0 unspecified atom stereocenters. The van der Waals surface area contributed by atoms with Crippen molar-refractivity contribution in [1.82, 2.24) is 0 Å². The Labute approximate surface area is 90.8 Å². The van der Waals surface area contributed by atoms with Crippen LogP contribution in [0.5, 0.6) is 0 Å². The molecule has 1 atom stereocenters. The number of aliphatic hydroxyl groups is 1. The minimum Gasteiger partial charge on any atom is -0.463 e. The number of hydrogen-bond acceptors (Lipinski definition) is 3. The van der Waals surface area contributed by atoms with E-state index in [1.807, 2.05) is 12.1 Å². The largest absolute Gasteiger partial charge is 0.463 e. The van der Waals surface area contributed by atoms with E-state index in [-0.39, 0.29) is 12.6 Å². The van der Waals surface area contributed by atoms with Gasteiger partial charge in [-0.15, -0.1) is 0 Å². The Balaban J connectivity index is 2.56. The molecule has 76 valence electrons. The van der Waals surface area contributed by atoms with Crippen molar-refractivity contribution >= 4 is 21.9 Å². The van der Waals surface area contributed by atoms with E-state index < -0.39 is 6.10 Å². The lowest BCUT2D eigenvalue weighted by atomic mass is 10.1. The van der Waals surface area contributed by atoms with Crippen molar-refractivity contribution in [3.8, 4) is 0 Å². The van der Waals surface area contributed by atoms with E-state index in [4.69, 9.17) is 0 Å². The first kappa shape index (κ1) is 11.2. The van der Waals surface area contributed by atoms with Gasteiger partial charge in [0.25, 0.3) is 0 Å². The molecule has 0 aliphatic carbocycles. The van der Waals surface area contributed by atoms with Crippen molar-refractivity contribution < 1.29 is 14.6 Å². The van der Waals surface area contributed by atoms with Crippen molar-refractivity contribution in [2.45, 2.75) is 13.0 Å². The van der Waals surface area contributed by atoms with Gasteiger partial charge in [0.15, 0.2) is 0 Å². The second-order valence-corrected chi connectivity index (χ2v) is 3.79. The lowest BCUT2D eigenvalue weighted by Crippen LogP contribution is -2.09. The molecule has 0 amide bonds. The zero-order chi connectivity index (χ0) is 10.6. The molecule has 3 nitrogen and oxygen atoms in total. The quantitative estimate of drug-likeness (QED) is 0.845. The summed E-state index contributed by atoms with van der Waals surface area (Å²) in [6, 6.07) is 7.20. The van der Waals surface area contributed by atoms with Gasteiger partial charge < -0.3 is 9.84 Å². The van der Waals surface area contributed by atoms with Crippen LogP contribution in [0.1, 0.15) is 18.6 Å². The zero-order valence-corrected chi connectivity index (χ0v) is 9.32. The summed E-state index contributed by atoms with van der Waals surface area (Å²) in [5.74, 6) is -0.388. The molecule has 0 bridgehead atoms. The molecule has 0 aliphatic heterocycles. The molecule has 1 aromatic carbocycles. The Morgan fingerprint density at radius 2 is 2.07 bits per heavy atom. The van der Waals surface area contributed by atoms with Gasteiger partial charge in [-0.3, -0.25) is 4.79 Å². The third-order valence-corrected chi connectivity index (χ3v) is 2.23. The van der Waals surface area contributed by atoms with Crippen molar-refractivity contribution in [3.05, 3.63) is 34.3 Å². The number of esters is 1. The van der Waals surface area contributed by atoms with Crippen LogP contribution in [0.4, 0.5) is 0 Å². The molecule has 0 radical (unpaired) electrons. The lowest BCUT2D eigenvalue weighted by molar-refractivity contribution is -0.144. The minimum atomic E-state index is -0.757. The van der Waals surface area contributed by atoms with Crippen molar-refractivity contribution in [1.29, 1.82) is 0 Å².